The van der Waals surface area contributed by atoms with Crippen molar-refractivity contribution in [3.8, 4) is 11.5 Å². The van der Waals surface area contributed by atoms with Crippen molar-refractivity contribution in [1.82, 2.24) is 0 Å². The molecule has 0 heterocycles. The van der Waals surface area contributed by atoms with Crippen LogP contribution in [-0.2, 0) is 33.3 Å². The Balaban J connectivity index is 0.000000155. The van der Waals surface area contributed by atoms with Crippen LogP contribution in [0.5, 0.6) is 11.5 Å². The summed E-state index contributed by atoms with van der Waals surface area (Å²) in [4.78, 5) is 24.2. The Hall–Kier alpha value is -2.88. The standard InChI is InChI=1S/C17H22O2.C17H20O2/c2*1-3-13-15-6-4-11-10-12(18)5-7-14(11)17(15,2)9-8-16(13)19/h5,7,10,13,15,18H,3-4,6,8-9H2,1-2H3;5,7,10,18H,3-4,6,8-9H2,1-2H3/t13-,15-,17+;/m1./s1. The van der Waals surface area contributed by atoms with Crippen LogP contribution in [0.2, 0.25) is 0 Å². The lowest BCUT2D eigenvalue weighted by Crippen LogP contribution is -2.47. The fourth-order valence-electron chi connectivity index (χ4n) is 8.33. The first-order chi connectivity index (χ1) is 18.1. The first kappa shape index (κ1) is 26.7. The van der Waals surface area contributed by atoms with Gasteiger partial charge >= 0.3 is 0 Å². The van der Waals surface area contributed by atoms with Crippen molar-refractivity contribution in [2.24, 2.45) is 11.8 Å². The zero-order chi connectivity index (χ0) is 27.2. The van der Waals surface area contributed by atoms with Crippen molar-refractivity contribution < 1.29 is 19.8 Å². The smallest absolute Gasteiger partial charge is 0.158 e. The Morgan fingerprint density at radius 3 is 2.13 bits per heavy atom. The number of allylic oxidation sites excluding steroid dienone is 2. The molecule has 2 aromatic carbocycles. The summed E-state index contributed by atoms with van der Waals surface area (Å²) in [7, 11) is 0. The van der Waals surface area contributed by atoms with Gasteiger partial charge in [-0.2, -0.15) is 0 Å². The summed E-state index contributed by atoms with van der Waals surface area (Å²) in [6.45, 7) is 8.81. The summed E-state index contributed by atoms with van der Waals surface area (Å²) < 4.78 is 0. The van der Waals surface area contributed by atoms with Crippen molar-refractivity contribution in [2.45, 2.75) is 103 Å². The molecule has 0 aliphatic heterocycles. The maximum atomic E-state index is 12.1. The van der Waals surface area contributed by atoms with E-state index in [1.165, 1.54) is 27.8 Å². The Bertz CT molecular complexity index is 1300. The van der Waals surface area contributed by atoms with Crippen LogP contribution in [-0.4, -0.2) is 21.8 Å². The van der Waals surface area contributed by atoms with E-state index in [0.717, 1.165) is 56.9 Å². The first-order valence-electron chi connectivity index (χ1n) is 14.6. The highest BCUT2D eigenvalue weighted by Gasteiger charge is 2.48. The zero-order valence-electron chi connectivity index (χ0n) is 23.4. The Kier molecular flexibility index (Phi) is 7.04. The van der Waals surface area contributed by atoms with Gasteiger partial charge in [-0.25, -0.2) is 0 Å². The van der Waals surface area contributed by atoms with Gasteiger partial charge in [0.25, 0.3) is 0 Å². The van der Waals surface area contributed by atoms with E-state index in [-0.39, 0.29) is 16.7 Å². The van der Waals surface area contributed by atoms with Crippen molar-refractivity contribution in [3.05, 3.63) is 69.8 Å². The second-order valence-corrected chi connectivity index (χ2v) is 12.3. The van der Waals surface area contributed by atoms with Crippen molar-refractivity contribution >= 4 is 11.6 Å². The number of aromatic hydroxyl groups is 2. The molecule has 0 spiro atoms. The molecular weight excluding hydrogens is 472 g/mol. The van der Waals surface area contributed by atoms with Crippen LogP contribution >= 0.6 is 0 Å². The van der Waals surface area contributed by atoms with Crippen molar-refractivity contribution in [1.29, 1.82) is 0 Å². The summed E-state index contributed by atoms with van der Waals surface area (Å²) in [5.74, 6) is 2.23. The summed E-state index contributed by atoms with van der Waals surface area (Å²) >= 11 is 0. The number of carbonyl (C=O) groups excluding carboxylic acids is 2. The van der Waals surface area contributed by atoms with Gasteiger partial charge in [-0.05, 0) is 115 Å². The summed E-state index contributed by atoms with van der Waals surface area (Å²) in [5, 5.41) is 19.3. The molecule has 0 bridgehead atoms. The summed E-state index contributed by atoms with van der Waals surface area (Å²) in [5.41, 5.74) is 7.74. The predicted octanol–water partition coefficient (Wildman–Crippen LogP) is 7.27. The Morgan fingerprint density at radius 1 is 0.816 bits per heavy atom. The topological polar surface area (TPSA) is 74.6 Å². The SMILES string of the molecule is CCC1=C2CCc3cc(O)ccc3C2(C)CCC1=O.CC[C@H]1C(=O)CC[C@@]2(C)c3ccc(O)cc3CC[C@H]12. The maximum absolute atomic E-state index is 12.1. The van der Waals surface area contributed by atoms with E-state index < -0.39 is 0 Å². The number of hydrogen-bond donors (Lipinski definition) is 2. The fourth-order valence-corrected chi connectivity index (χ4v) is 8.33. The van der Waals surface area contributed by atoms with Crippen LogP contribution < -0.4 is 0 Å². The summed E-state index contributed by atoms with van der Waals surface area (Å²) in [6, 6.07) is 11.5. The molecule has 0 amide bonds. The molecule has 0 aromatic heterocycles. The number of rotatable bonds is 2. The molecule has 4 nitrogen and oxygen atoms in total. The van der Waals surface area contributed by atoms with Crippen molar-refractivity contribution in [3.63, 3.8) is 0 Å². The largest absolute Gasteiger partial charge is 0.508 e. The van der Waals surface area contributed by atoms with Crippen LogP contribution in [0, 0.1) is 11.8 Å². The Labute approximate surface area is 227 Å². The number of aryl methyl sites for hydroxylation is 2. The van der Waals surface area contributed by atoms with E-state index in [1.54, 1.807) is 12.1 Å². The van der Waals surface area contributed by atoms with Crippen LogP contribution in [0.3, 0.4) is 0 Å². The average molecular weight is 515 g/mol. The molecule has 1 saturated carbocycles. The van der Waals surface area contributed by atoms with Crippen LogP contribution in [0.4, 0.5) is 0 Å². The zero-order valence-corrected chi connectivity index (χ0v) is 23.4. The molecule has 0 saturated heterocycles. The van der Waals surface area contributed by atoms with Crippen LogP contribution in [0.1, 0.15) is 101 Å². The molecule has 2 N–H and O–H groups in total. The van der Waals surface area contributed by atoms with Gasteiger partial charge < -0.3 is 10.2 Å². The number of benzene rings is 2. The molecule has 38 heavy (non-hydrogen) atoms. The predicted molar refractivity (Wildman–Crippen MR) is 151 cm³/mol. The van der Waals surface area contributed by atoms with Gasteiger partial charge in [0.2, 0.25) is 0 Å². The number of phenols is 2. The lowest BCUT2D eigenvalue weighted by atomic mass is 9.54. The molecule has 4 aliphatic rings. The van der Waals surface area contributed by atoms with Crippen LogP contribution in [0.25, 0.3) is 0 Å². The number of fused-ring (bicyclic) bond motifs is 6. The highest BCUT2D eigenvalue weighted by Crippen LogP contribution is 2.52. The highest BCUT2D eigenvalue weighted by atomic mass is 16.3. The lowest BCUT2D eigenvalue weighted by molar-refractivity contribution is -0.129. The van der Waals surface area contributed by atoms with Gasteiger partial charge in [-0.3, -0.25) is 9.59 Å². The normalized spacial score (nSPS) is 29.9. The number of ketones is 2. The molecular formula is C34H42O4. The molecule has 4 heteroatoms. The van der Waals surface area contributed by atoms with E-state index in [9.17, 15) is 19.8 Å². The quantitative estimate of drug-likeness (QED) is 0.442. The monoisotopic (exact) mass is 514 g/mol. The van der Waals surface area contributed by atoms with Gasteiger partial charge in [0, 0.05) is 24.2 Å². The van der Waals surface area contributed by atoms with Gasteiger partial charge in [-0.15, -0.1) is 0 Å². The third kappa shape index (κ3) is 4.30. The third-order valence-electron chi connectivity index (χ3n) is 10.4. The molecule has 202 valence electrons. The van der Waals surface area contributed by atoms with Gasteiger partial charge in [0.05, 0.1) is 0 Å². The maximum Gasteiger partial charge on any atom is 0.158 e. The molecule has 6 rings (SSSR count). The number of hydrogen-bond acceptors (Lipinski definition) is 4. The first-order valence-corrected chi connectivity index (χ1v) is 14.6. The van der Waals surface area contributed by atoms with E-state index >= 15 is 0 Å². The second-order valence-electron chi connectivity index (χ2n) is 12.3. The average Bonchev–Trinajstić information content (AvgIpc) is 2.89. The molecule has 1 unspecified atom stereocenters. The van der Waals surface area contributed by atoms with Gasteiger partial charge in [0.15, 0.2) is 5.78 Å². The molecule has 2 aromatic rings. The minimum Gasteiger partial charge on any atom is -0.508 e. The minimum absolute atomic E-state index is 0.000532. The second kappa shape index (κ2) is 10.0. The Morgan fingerprint density at radius 2 is 1.47 bits per heavy atom. The van der Waals surface area contributed by atoms with E-state index in [2.05, 4.69) is 33.8 Å². The number of phenolic OH excluding ortho intramolecular Hbond substituents is 2. The van der Waals surface area contributed by atoms with E-state index in [1.807, 2.05) is 18.2 Å². The van der Waals surface area contributed by atoms with E-state index in [0.29, 0.717) is 41.8 Å². The summed E-state index contributed by atoms with van der Waals surface area (Å²) in [6.07, 6.45) is 9.02. The molecule has 0 radical (unpaired) electrons. The number of Topliss-reactive ketones (excluding diaryl/α,β-unsaturated/α-hetero) is 2. The fraction of sp³-hybridized carbons (Fsp3) is 0.529. The molecule has 1 fully saturated rings. The third-order valence-corrected chi connectivity index (χ3v) is 10.4. The molecule has 4 aliphatic carbocycles. The molecule has 4 atom stereocenters. The number of carbonyl (C=O) groups is 2. The highest BCUT2D eigenvalue weighted by molar-refractivity contribution is 5.98. The lowest BCUT2D eigenvalue weighted by Gasteiger charge is -2.49. The van der Waals surface area contributed by atoms with Gasteiger partial charge in [-0.1, -0.05) is 45.4 Å². The minimum atomic E-state index is 0.000532. The van der Waals surface area contributed by atoms with Crippen LogP contribution in [0.15, 0.2) is 47.5 Å². The van der Waals surface area contributed by atoms with Crippen molar-refractivity contribution in [2.75, 3.05) is 0 Å². The van der Waals surface area contributed by atoms with E-state index in [4.69, 9.17) is 0 Å². The van der Waals surface area contributed by atoms with Gasteiger partial charge in [0.1, 0.15) is 17.3 Å².